The smallest absolute Gasteiger partial charge is 0.229 e. The lowest BCUT2D eigenvalue weighted by molar-refractivity contribution is 0.313. The highest BCUT2D eigenvalue weighted by Crippen LogP contribution is 2.41. The molecule has 182 valence electrons. The number of aromatic nitrogens is 3. The number of hydrogen-bond donors (Lipinski definition) is 3. The van der Waals surface area contributed by atoms with Crippen LogP contribution >= 0.6 is 11.6 Å². The van der Waals surface area contributed by atoms with Crippen LogP contribution < -0.4 is 20.3 Å². The average molecular weight is 494 g/mol. The zero-order valence-electron chi connectivity index (χ0n) is 19.9. The van der Waals surface area contributed by atoms with Gasteiger partial charge in [0.25, 0.3) is 0 Å². The number of para-hydroxylation sites is 2. The van der Waals surface area contributed by atoms with Gasteiger partial charge in [0.05, 0.1) is 30.1 Å². The van der Waals surface area contributed by atoms with E-state index in [1.165, 1.54) is 6.20 Å². The molecule has 0 unspecified atom stereocenters. The third-order valence-electron chi connectivity index (χ3n) is 6.30. The van der Waals surface area contributed by atoms with Crippen LogP contribution in [-0.4, -0.2) is 64.9 Å². The number of nitrogens with one attached hydrogen (secondary N) is 2. The quantitative estimate of drug-likeness (QED) is 0.360. The Hall–Kier alpha value is -3.69. The van der Waals surface area contributed by atoms with Crippen molar-refractivity contribution in [2.45, 2.75) is 0 Å². The van der Waals surface area contributed by atoms with Crippen molar-refractivity contribution in [2.24, 2.45) is 7.05 Å². The number of halogens is 1. The van der Waals surface area contributed by atoms with E-state index in [1.807, 2.05) is 43.6 Å². The number of anilines is 5. The number of ether oxygens (including phenoxy) is 1. The molecule has 3 heterocycles. The van der Waals surface area contributed by atoms with Gasteiger partial charge >= 0.3 is 0 Å². The number of rotatable bonds is 6. The van der Waals surface area contributed by atoms with Gasteiger partial charge in [-0.1, -0.05) is 23.7 Å². The molecule has 4 aromatic rings. The van der Waals surface area contributed by atoms with E-state index in [-0.39, 0.29) is 5.88 Å². The molecular weight excluding hydrogens is 466 g/mol. The van der Waals surface area contributed by atoms with Gasteiger partial charge in [0.15, 0.2) is 5.82 Å². The summed E-state index contributed by atoms with van der Waals surface area (Å²) in [5, 5.41) is 19.4. The number of aryl methyl sites for hydroxylation is 1. The van der Waals surface area contributed by atoms with E-state index in [4.69, 9.17) is 16.3 Å². The lowest BCUT2D eigenvalue weighted by Crippen LogP contribution is -2.44. The second-order valence-electron chi connectivity index (χ2n) is 8.62. The van der Waals surface area contributed by atoms with Crippen LogP contribution in [0.3, 0.4) is 0 Å². The van der Waals surface area contributed by atoms with Crippen molar-refractivity contribution in [1.82, 2.24) is 19.4 Å². The number of aromatic hydroxyl groups is 1. The Morgan fingerprint density at radius 3 is 2.54 bits per heavy atom. The van der Waals surface area contributed by atoms with Gasteiger partial charge < -0.3 is 34.8 Å². The molecule has 0 saturated carbocycles. The van der Waals surface area contributed by atoms with Crippen LogP contribution in [0.5, 0.6) is 11.6 Å². The molecule has 1 fully saturated rings. The number of nitrogens with zero attached hydrogens (tertiary/aromatic N) is 5. The normalized spacial score (nSPS) is 14.3. The van der Waals surface area contributed by atoms with Gasteiger partial charge in [-0.15, -0.1) is 0 Å². The highest BCUT2D eigenvalue weighted by Gasteiger charge is 2.21. The largest absolute Gasteiger partial charge is 0.495 e. The molecule has 5 rings (SSSR count). The number of fused-ring (bicyclic) bond motifs is 1. The first-order valence-electron chi connectivity index (χ1n) is 11.4. The predicted molar refractivity (Wildman–Crippen MR) is 141 cm³/mol. The number of likely N-dealkylation sites (N-methyl/N-ethyl adjacent to an activating group) is 1. The Bertz CT molecular complexity index is 1370. The van der Waals surface area contributed by atoms with Crippen molar-refractivity contribution in [3.05, 3.63) is 53.8 Å². The molecule has 0 amide bonds. The SMILES string of the molecule is COc1ccccc1Nc1ncc(Cl)c(Nc2ccc(N3CCN(C)CC3)c3cn(C)c(O)c23)n1. The summed E-state index contributed by atoms with van der Waals surface area (Å²) in [5.41, 5.74) is 2.55. The van der Waals surface area contributed by atoms with E-state index in [0.717, 1.165) is 48.3 Å². The van der Waals surface area contributed by atoms with Crippen LogP contribution in [0.4, 0.5) is 28.8 Å². The monoisotopic (exact) mass is 493 g/mol. The van der Waals surface area contributed by atoms with Crippen LogP contribution in [0.1, 0.15) is 0 Å². The van der Waals surface area contributed by atoms with Crippen LogP contribution in [0.2, 0.25) is 5.02 Å². The molecule has 0 spiro atoms. The summed E-state index contributed by atoms with van der Waals surface area (Å²) in [6.07, 6.45) is 3.50. The van der Waals surface area contributed by atoms with Crippen LogP contribution in [-0.2, 0) is 7.05 Å². The summed E-state index contributed by atoms with van der Waals surface area (Å²) in [6, 6.07) is 11.6. The first-order chi connectivity index (χ1) is 16.9. The molecule has 3 N–H and O–H groups in total. The summed E-state index contributed by atoms with van der Waals surface area (Å²) < 4.78 is 7.13. The maximum absolute atomic E-state index is 10.9. The lowest BCUT2D eigenvalue weighted by atomic mass is 10.1. The van der Waals surface area contributed by atoms with E-state index < -0.39 is 0 Å². The van der Waals surface area contributed by atoms with E-state index in [2.05, 4.69) is 43.5 Å². The average Bonchev–Trinajstić information content (AvgIpc) is 3.17. The fourth-order valence-corrected chi connectivity index (χ4v) is 4.49. The van der Waals surface area contributed by atoms with Gasteiger partial charge in [-0.05, 0) is 31.3 Å². The third-order valence-corrected chi connectivity index (χ3v) is 6.57. The molecular formula is C25H28ClN7O2. The van der Waals surface area contributed by atoms with Crippen molar-refractivity contribution >= 4 is 51.2 Å². The Labute approximate surface area is 208 Å². The van der Waals surface area contributed by atoms with Gasteiger partial charge in [-0.2, -0.15) is 4.98 Å². The first kappa shape index (κ1) is 23.1. The van der Waals surface area contributed by atoms with E-state index in [9.17, 15) is 5.11 Å². The minimum atomic E-state index is 0.177. The number of methoxy groups -OCH3 is 1. The number of hydrogen-bond acceptors (Lipinski definition) is 8. The lowest BCUT2D eigenvalue weighted by Gasteiger charge is -2.34. The molecule has 0 atom stereocenters. The van der Waals surface area contributed by atoms with Gasteiger partial charge in [0.2, 0.25) is 11.8 Å². The van der Waals surface area contributed by atoms with Crippen molar-refractivity contribution in [3.63, 3.8) is 0 Å². The Kier molecular flexibility index (Phi) is 6.27. The maximum Gasteiger partial charge on any atom is 0.229 e. The highest BCUT2D eigenvalue weighted by molar-refractivity contribution is 6.33. The Balaban J connectivity index is 1.49. The van der Waals surface area contributed by atoms with Gasteiger partial charge in [0, 0.05) is 50.5 Å². The van der Waals surface area contributed by atoms with Crippen molar-refractivity contribution in [1.29, 1.82) is 0 Å². The van der Waals surface area contributed by atoms with E-state index in [1.54, 1.807) is 11.7 Å². The molecule has 0 radical (unpaired) electrons. The second-order valence-corrected chi connectivity index (χ2v) is 9.02. The van der Waals surface area contributed by atoms with Crippen LogP contribution in [0.25, 0.3) is 10.8 Å². The first-order valence-corrected chi connectivity index (χ1v) is 11.8. The topological polar surface area (TPSA) is 90.7 Å². The zero-order valence-corrected chi connectivity index (χ0v) is 20.7. The summed E-state index contributed by atoms with van der Waals surface area (Å²) in [7, 11) is 5.58. The van der Waals surface area contributed by atoms with E-state index in [0.29, 0.717) is 28.2 Å². The van der Waals surface area contributed by atoms with Crippen molar-refractivity contribution in [2.75, 3.05) is 55.9 Å². The zero-order chi connectivity index (χ0) is 24.5. The minimum Gasteiger partial charge on any atom is -0.495 e. The number of benzene rings is 2. The van der Waals surface area contributed by atoms with Gasteiger partial charge in [-0.25, -0.2) is 4.98 Å². The minimum absolute atomic E-state index is 0.177. The second kappa shape index (κ2) is 9.52. The standard InChI is InChI=1S/C25H28ClN7O2/c1-31-10-12-33(13-11-31)20-9-8-19(22-16(20)15-32(2)24(22)34)28-23-17(26)14-27-25(30-23)29-18-6-4-5-7-21(18)35-3/h4-9,14-15,34H,10-13H2,1-3H3,(H2,27,28,29,30). The van der Waals surface area contributed by atoms with Crippen molar-refractivity contribution in [3.8, 4) is 11.6 Å². The highest BCUT2D eigenvalue weighted by atomic mass is 35.5. The van der Waals surface area contributed by atoms with Crippen LogP contribution in [0.15, 0.2) is 48.8 Å². The Morgan fingerprint density at radius 1 is 1.00 bits per heavy atom. The van der Waals surface area contributed by atoms with Gasteiger partial charge in [0.1, 0.15) is 10.8 Å². The summed E-state index contributed by atoms with van der Waals surface area (Å²) in [4.78, 5) is 13.6. The van der Waals surface area contributed by atoms with Gasteiger partial charge in [-0.3, -0.25) is 0 Å². The third kappa shape index (κ3) is 4.52. The van der Waals surface area contributed by atoms with Crippen molar-refractivity contribution < 1.29 is 9.84 Å². The fraction of sp³-hybridized carbons (Fsp3) is 0.280. The molecule has 1 aliphatic rings. The van der Waals surface area contributed by atoms with Crippen LogP contribution in [0, 0.1) is 0 Å². The summed E-state index contributed by atoms with van der Waals surface area (Å²) in [6.45, 7) is 3.87. The predicted octanol–water partition coefficient (Wildman–Crippen LogP) is 4.57. The van der Waals surface area contributed by atoms with E-state index >= 15 is 0 Å². The molecule has 9 nitrogen and oxygen atoms in total. The fourth-order valence-electron chi connectivity index (χ4n) is 4.35. The summed E-state index contributed by atoms with van der Waals surface area (Å²) >= 11 is 6.45. The molecule has 2 aromatic heterocycles. The molecule has 10 heteroatoms. The Morgan fingerprint density at radius 2 is 1.77 bits per heavy atom. The number of piperazine rings is 1. The molecule has 0 bridgehead atoms. The molecule has 0 aliphatic carbocycles. The maximum atomic E-state index is 10.9. The molecule has 35 heavy (non-hydrogen) atoms. The molecule has 1 saturated heterocycles. The summed E-state index contributed by atoms with van der Waals surface area (Å²) in [5.74, 6) is 1.65. The molecule has 1 aliphatic heterocycles. The molecule has 2 aromatic carbocycles.